The highest BCUT2D eigenvalue weighted by Gasteiger charge is 2.22. The Balaban J connectivity index is 2.74. The minimum Gasteiger partial charge on any atom is -0.477 e. The van der Waals surface area contributed by atoms with Gasteiger partial charge in [-0.15, -0.1) is 0 Å². The van der Waals surface area contributed by atoms with E-state index in [9.17, 15) is 19.5 Å². The molecule has 0 aromatic rings. The van der Waals surface area contributed by atoms with E-state index >= 15 is 0 Å². The molecule has 8 heteroatoms. The van der Waals surface area contributed by atoms with Gasteiger partial charge in [0, 0.05) is 25.8 Å². The predicted molar refractivity (Wildman–Crippen MR) is 87.8 cm³/mol. The summed E-state index contributed by atoms with van der Waals surface area (Å²) in [5.74, 6) is -2.45. The molecule has 2 amide bonds. The number of rotatable bonds is 9. The topological polar surface area (TPSA) is 108 Å². The molecule has 0 aromatic heterocycles. The van der Waals surface area contributed by atoms with E-state index in [0.29, 0.717) is 19.4 Å². The van der Waals surface area contributed by atoms with E-state index in [4.69, 9.17) is 4.74 Å². The summed E-state index contributed by atoms with van der Waals surface area (Å²) in [7, 11) is 0. The lowest BCUT2D eigenvalue weighted by molar-refractivity contribution is -0.138. The Morgan fingerprint density at radius 1 is 1.33 bits per heavy atom. The molecule has 1 saturated heterocycles. The number of morpholine rings is 1. The number of nitrogens with one attached hydrogen (secondary N) is 2. The third kappa shape index (κ3) is 6.35. The average Bonchev–Trinajstić information content (AvgIpc) is 2.60. The Morgan fingerprint density at radius 2 is 2.08 bits per heavy atom. The van der Waals surface area contributed by atoms with Crippen LogP contribution in [0.3, 0.4) is 0 Å². The Labute approximate surface area is 140 Å². The van der Waals surface area contributed by atoms with E-state index in [-0.39, 0.29) is 18.3 Å². The van der Waals surface area contributed by atoms with Crippen molar-refractivity contribution in [3.63, 3.8) is 0 Å². The molecule has 1 aliphatic heterocycles. The van der Waals surface area contributed by atoms with Crippen LogP contribution in [0.15, 0.2) is 37.2 Å². The van der Waals surface area contributed by atoms with E-state index in [1.54, 1.807) is 0 Å². The summed E-state index contributed by atoms with van der Waals surface area (Å²) >= 11 is 0. The summed E-state index contributed by atoms with van der Waals surface area (Å²) in [6, 6.07) is 0. The zero-order valence-electron chi connectivity index (χ0n) is 13.5. The number of hydrogen-bond donors (Lipinski definition) is 3. The maximum absolute atomic E-state index is 12.0. The monoisotopic (exact) mass is 337 g/mol. The number of aliphatic carboxylic acids is 1. The van der Waals surface area contributed by atoms with E-state index in [1.165, 1.54) is 0 Å². The predicted octanol–water partition coefficient (Wildman–Crippen LogP) is -0.00220. The van der Waals surface area contributed by atoms with Crippen molar-refractivity contribution < 1.29 is 24.2 Å². The van der Waals surface area contributed by atoms with Crippen molar-refractivity contribution in [3.05, 3.63) is 37.2 Å². The maximum atomic E-state index is 12.0. The second-order valence-electron chi connectivity index (χ2n) is 5.08. The van der Waals surface area contributed by atoms with Crippen molar-refractivity contribution >= 4 is 17.8 Å². The number of carbonyl (C=O) groups is 3. The van der Waals surface area contributed by atoms with Gasteiger partial charge in [-0.05, 0) is 25.0 Å². The zero-order chi connectivity index (χ0) is 17.9. The molecule has 0 aliphatic carbocycles. The van der Waals surface area contributed by atoms with Crippen LogP contribution in [0.5, 0.6) is 0 Å². The number of nitrogens with zero attached hydrogens (tertiary/aromatic N) is 1. The summed E-state index contributed by atoms with van der Waals surface area (Å²) in [6.07, 6.45) is 4.28. The van der Waals surface area contributed by atoms with Gasteiger partial charge < -0.3 is 25.4 Å². The molecule has 132 valence electrons. The molecule has 1 fully saturated rings. The van der Waals surface area contributed by atoms with Gasteiger partial charge in [-0.25, -0.2) is 4.79 Å². The van der Waals surface area contributed by atoms with Gasteiger partial charge in [-0.2, -0.15) is 0 Å². The van der Waals surface area contributed by atoms with Gasteiger partial charge in [0.1, 0.15) is 5.70 Å². The minimum absolute atomic E-state index is 0.0390. The van der Waals surface area contributed by atoms with Gasteiger partial charge in [0.05, 0.1) is 12.7 Å². The van der Waals surface area contributed by atoms with Crippen molar-refractivity contribution in [2.45, 2.75) is 18.9 Å². The van der Waals surface area contributed by atoms with Crippen molar-refractivity contribution in [1.82, 2.24) is 15.5 Å². The first-order valence-corrected chi connectivity index (χ1v) is 7.62. The highest BCUT2D eigenvalue weighted by atomic mass is 16.5. The molecule has 0 spiro atoms. The number of ether oxygens (including phenoxy) is 1. The first kappa shape index (κ1) is 19.6. The number of carboxylic acids is 1. The molecular weight excluding hydrogens is 314 g/mol. The molecule has 3 N–H and O–H groups in total. The highest BCUT2D eigenvalue weighted by molar-refractivity contribution is 5.97. The van der Waals surface area contributed by atoms with Gasteiger partial charge in [0.15, 0.2) is 0 Å². The van der Waals surface area contributed by atoms with Crippen LogP contribution in [0.1, 0.15) is 12.8 Å². The SMILES string of the molecule is C=CC(=O)NC=C(C(=O)O)N(CCCC1CNCCO1)C(=O)C=C. The Kier molecular flexibility index (Phi) is 8.45. The normalized spacial score (nSPS) is 17.7. The van der Waals surface area contributed by atoms with Crippen molar-refractivity contribution in [1.29, 1.82) is 0 Å². The number of amides is 2. The van der Waals surface area contributed by atoms with E-state index in [0.717, 1.165) is 36.3 Å². The largest absolute Gasteiger partial charge is 0.477 e. The van der Waals surface area contributed by atoms with Crippen LogP contribution in [-0.2, 0) is 19.1 Å². The van der Waals surface area contributed by atoms with Crippen LogP contribution in [0.2, 0.25) is 0 Å². The third-order valence-corrected chi connectivity index (χ3v) is 3.40. The molecule has 8 nitrogen and oxygen atoms in total. The quantitative estimate of drug-likeness (QED) is 0.511. The van der Waals surface area contributed by atoms with Crippen LogP contribution < -0.4 is 10.6 Å². The third-order valence-electron chi connectivity index (χ3n) is 3.40. The standard InChI is InChI=1S/C16H23N3O5/c1-3-14(20)18-11-13(16(22)23)19(15(21)4-2)8-5-6-12-10-17-7-9-24-12/h3-4,11-12,17H,1-2,5-10H2,(H,18,20)(H,22,23). The summed E-state index contributed by atoms with van der Waals surface area (Å²) in [5.41, 5.74) is -0.335. The van der Waals surface area contributed by atoms with Crippen LogP contribution in [0.4, 0.5) is 0 Å². The van der Waals surface area contributed by atoms with E-state index in [1.807, 2.05) is 0 Å². The van der Waals surface area contributed by atoms with Crippen LogP contribution >= 0.6 is 0 Å². The number of carbonyl (C=O) groups excluding carboxylic acids is 2. The Morgan fingerprint density at radius 3 is 2.62 bits per heavy atom. The molecule has 24 heavy (non-hydrogen) atoms. The molecule has 0 bridgehead atoms. The molecule has 0 radical (unpaired) electrons. The number of hydrogen-bond acceptors (Lipinski definition) is 5. The summed E-state index contributed by atoms with van der Waals surface area (Å²) in [5, 5.41) is 14.8. The van der Waals surface area contributed by atoms with Gasteiger partial charge in [-0.1, -0.05) is 13.2 Å². The summed E-state index contributed by atoms with van der Waals surface area (Å²) in [6.45, 7) is 9.01. The van der Waals surface area contributed by atoms with Crippen LogP contribution in [-0.4, -0.2) is 60.1 Å². The molecule has 1 aliphatic rings. The smallest absolute Gasteiger partial charge is 0.354 e. The zero-order valence-corrected chi connectivity index (χ0v) is 13.5. The average molecular weight is 337 g/mol. The fraction of sp³-hybridized carbons (Fsp3) is 0.438. The lowest BCUT2D eigenvalue weighted by Gasteiger charge is -2.26. The summed E-state index contributed by atoms with van der Waals surface area (Å²) in [4.78, 5) is 35.7. The second-order valence-corrected chi connectivity index (χ2v) is 5.08. The fourth-order valence-electron chi connectivity index (χ4n) is 2.20. The lowest BCUT2D eigenvalue weighted by Crippen LogP contribution is -2.39. The van der Waals surface area contributed by atoms with E-state index in [2.05, 4.69) is 23.8 Å². The second kappa shape index (κ2) is 10.3. The molecule has 0 saturated carbocycles. The van der Waals surface area contributed by atoms with Gasteiger partial charge in [0.25, 0.3) is 5.91 Å². The molecule has 1 heterocycles. The molecule has 1 atom stereocenters. The first-order valence-electron chi connectivity index (χ1n) is 7.62. The van der Waals surface area contributed by atoms with E-state index < -0.39 is 17.8 Å². The lowest BCUT2D eigenvalue weighted by atomic mass is 10.1. The minimum atomic E-state index is -1.33. The van der Waals surface area contributed by atoms with Crippen molar-refractivity contribution in [2.75, 3.05) is 26.2 Å². The van der Waals surface area contributed by atoms with Crippen LogP contribution in [0, 0.1) is 0 Å². The molecule has 1 rings (SSSR count). The Bertz CT molecular complexity index is 524. The fourth-order valence-corrected chi connectivity index (χ4v) is 2.20. The van der Waals surface area contributed by atoms with Gasteiger partial charge in [0.2, 0.25) is 5.91 Å². The first-order chi connectivity index (χ1) is 11.5. The molecular formula is C16H23N3O5. The maximum Gasteiger partial charge on any atom is 0.354 e. The summed E-state index contributed by atoms with van der Waals surface area (Å²) < 4.78 is 5.56. The molecule has 1 unspecified atom stereocenters. The van der Waals surface area contributed by atoms with Crippen molar-refractivity contribution in [3.8, 4) is 0 Å². The molecule has 0 aromatic carbocycles. The highest BCUT2D eigenvalue weighted by Crippen LogP contribution is 2.11. The van der Waals surface area contributed by atoms with Gasteiger partial charge in [-0.3, -0.25) is 9.59 Å². The van der Waals surface area contributed by atoms with Crippen LogP contribution in [0.25, 0.3) is 0 Å². The number of carboxylic acid groups (broad SMARTS) is 1. The van der Waals surface area contributed by atoms with Crippen molar-refractivity contribution in [2.24, 2.45) is 0 Å². The van der Waals surface area contributed by atoms with Gasteiger partial charge >= 0.3 is 5.97 Å². The Hall–Kier alpha value is -2.45.